The van der Waals surface area contributed by atoms with Gasteiger partial charge in [-0.25, -0.2) is 4.98 Å². The van der Waals surface area contributed by atoms with Gasteiger partial charge in [0.25, 0.3) is 0 Å². The van der Waals surface area contributed by atoms with E-state index in [-0.39, 0.29) is 0 Å². The average molecular weight is 252 g/mol. The summed E-state index contributed by atoms with van der Waals surface area (Å²) < 4.78 is 0. The van der Waals surface area contributed by atoms with Crippen LogP contribution in [0.3, 0.4) is 0 Å². The van der Waals surface area contributed by atoms with Gasteiger partial charge < -0.3 is 5.32 Å². The van der Waals surface area contributed by atoms with Crippen molar-refractivity contribution in [2.24, 2.45) is 0 Å². The summed E-state index contributed by atoms with van der Waals surface area (Å²) in [7, 11) is 0. The van der Waals surface area contributed by atoms with Crippen molar-refractivity contribution in [2.45, 2.75) is 27.7 Å². The van der Waals surface area contributed by atoms with Crippen LogP contribution in [-0.4, -0.2) is 4.98 Å². The number of hydrogen-bond acceptors (Lipinski definition) is 2. The third kappa shape index (κ3) is 3.02. The van der Waals surface area contributed by atoms with Crippen molar-refractivity contribution < 1.29 is 0 Å². The Hall–Kier alpha value is -2.09. The van der Waals surface area contributed by atoms with Crippen LogP contribution < -0.4 is 5.32 Å². The zero-order chi connectivity index (χ0) is 14.0. The van der Waals surface area contributed by atoms with Crippen molar-refractivity contribution in [3.8, 4) is 0 Å². The predicted molar refractivity (Wildman–Crippen MR) is 82.9 cm³/mol. The molecule has 0 atom stereocenters. The number of hydrogen-bond donors (Lipinski definition) is 1. The van der Waals surface area contributed by atoms with Gasteiger partial charge in [-0.1, -0.05) is 18.7 Å². The van der Waals surface area contributed by atoms with Crippen LogP contribution in [0.15, 0.2) is 36.9 Å². The minimum absolute atomic E-state index is 0.876. The smallest absolute Gasteiger partial charge is 0.138 e. The average Bonchev–Trinajstić information content (AvgIpc) is 2.33. The number of aromatic nitrogens is 1. The van der Waals surface area contributed by atoms with E-state index in [4.69, 9.17) is 0 Å². The molecule has 0 radical (unpaired) electrons. The quantitative estimate of drug-likeness (QED) is 0.850. The molecule has 1 heterocycles. The Kier molecular flexibility index (Phi) is 3.70. The van der Waals surface area contributed by atoms with E-state index in [2.05, 4.69) is 48.9 Å². The zero-order valence-corrected chi connectivity index (χ0v) is 12.0. The summed E-state index contributed by atoms with van der Waals surface area (Å²) in [6.07, 6.45) is 0. The molecule has 0 aliphatic carbocycles. The first-order valence-electron chi connectivity index (χ1n) is 6.45. The molecule has 2 heteroatoms. The minimum atomic E-state index is 0.876. The molecular weight excluding hydrogens is 232 g/mol. The summed E-state index contributed by atoms with van der Waals surface area (Å²) in [6.45, 7) is 12.2. The number of nitrogens with one attached hydrogen (secondary N) is 1. The molecule has 1 N–H and O–H groups in total. The van der Waals surface area contributed by atoms with Crippen molar-refractivity contribution >= 4 is 17.1 Å². The van der Waals surface area contributed by atoms with Gasteiger partial charge in [-0.05, 0) is 62.6 Å². The van der Waals surface area contributed by atoms with Gasteiger partial charge >= 0.3 is 0 Å². The Morgan fingerprint density at radius 3 is 2.53 bits per heavy atom. The second kappa shape index (κ2) is 5.27. The first-order chi connectivity index (χ1) is 8.97. The van der Waals surface area contributed by atoms with Gasteiger partial charge in [-0.2, -0.15) is 0 Å². The van der Waals surface area contributed by atoms with Crippen LogP contribution in [0.4, 0.5) is 11.5 Å². The highest BCUT2D eigenvalue weighted by molar-refractivity contribution is 5.75. The third-order valence-corrected chi connectivity index (χ3v) is 3.21. The molecule has 2 nitrogen and oxygen atoms in total. The molecule has 19 heavy (non-hydrogen) atoms. The Morgan fingerprint density at radius 2 is 1.89 bits per heavy atom. The number of aryl methyl sites for hydroxylation is 3. The van der Waals surface area contributed by atoms with Crippen LogP contribution in [0.2, 0.25) is 0 Å². The van der Waals surface area contributed by atoms with Gasteiger partial charge in [0.05, 0.1) is 0 Å². The minimum Gasteiger partial charge on any atom is -0.340 e. The maximum Gasteiger partial charge on any atom is 0.138 e. The molecule has 98 valence electrons. The van der Waals surface area contributed by atoms with Gasteiger partial charge in [0.1, 0.15) is 5.82 Å². The Labute approximate surface area is 115 Å². The van der Waals surface area contributed by atoms with Gasteiger partial charge in [0, 0.05) is 16.9 Å². The van der Waals surface area contributed by atoms with Crippen LogP contribution in [-0.2, 0) is 0 Å². The lowest BCUT2D eigenvalue weighted by atomic mass is 10.1. The summed E-state index contributed by atoms with van der Waals surface area (Å²) in [5, 5.41) is 3.39. The summed E-state index contributed by atoms with van der Waals surface area (Å²) in [5.41, 5.74) is 6.60. The monoisotopic (exact) mass is 252 g/mol. The van der Waals surface area contributed by atoms with E-state index >= 15 is 0 Å². The molecule has 0 spiro atoms. The molecule has 0 aliphatic heterocycles. The van der Waals surface area contributed by atoms with E-state index in [9.17, 15) is 0 Å². The molecule has 0 bridgehead atoms. The first kappa shape index (κ1) is 13.3. The largest absolute Gasteiger partial charge is 0.340 e. The zero-order valence-electron chi connectivity index (χ0n) is 12.0. The van der Waals surface area contributed by atoms with Crippen molar-refractivity contribution in [2.75, 3.05) is 5.32 Å². The lowest BCUT2D eigenvalue weighted by molar-refractivity contribution is 1.14. The van der Waals surface area contributed by atoms with E-state index in [1.807, 2.05) is 26.0 Å². The van der Waals surface area contributed by atoms with Gasteiger partial charge in [-0.3, -0.25) is 0 Å². The summed E-state index contributed by atoms with van der Waals surface area (Å²) in [4.78, 5) is 4.65. The number of pyridine rings is 1. The molecule has 0 aliphatic rings. The predicted octanol–water partition coefficient (Wildman–Crippen LogP) is 4.78. The standard InChI is InChI=1S/C17H20N2/c1-11(2)16-10-13(4)14(5)18-17(16)19-15-8-6-7-12(3)9-15/h6-10H,1H2,2-5H3,(H,18,19). The molecule has 1 aromatic carbocycles. The van der Waals surface area contributed by atoms with Crippen molar-refractivity contribution in [3.63, 3.8) is 0 Å². The fourth-order valence-electron chi connectivity index (χ4n) is 1.99. The Balaban J connectivity index is 2.44. The number of nitrogens with zero attached hydrogens (tertiary/aromatic N) is 1. The summed E-state index contributed by atoms with van der Waals surface area (Å²) >= 11 is 0. The molecule has 2 aromatic rings. The van der Waals surface area contributed by atoms with E-state index in [1.54, 1.807) is 0 Å². The maximum atomic E-state index is 4.65. The fourth-order valence-corrected chi connectivity index (χ4v) is 1.99. The fraction of sp³-hybridized carbons (Fsp3) is 0.235. The van der Waals surface area contributed by atoms with Crippen molar-refractivity contribution in [3.05, 3.63) is 59.3 Å². The van der Waals surface area contributed by atoms with E-state index in [0.29, 0.717) is 0 Å². The number of benzene rings is 1. The van der Waals surface area contributed by atoms with Crippen LogP contribution in [0.25, 0.3) is 5.57 Å². The number of rotatable bonds is 3. The van der Waals surface area contributed by atoms with E-state index < -0.39 is 0 Å². The highest BCUT2D eigenvalue weighted by Gasteiger charge is 2.08. The highest BCUT2D eigenvalue weighted by Crippen LogP contribution is 2.26. The first-order valence-corrected chi connectivity index (χ1v) is 6.45. The lowest BCUT2D eigenvalue weighted by Gasteiger charge is -2.14. The van der Waals surface area contributed by atoms with Crippen LogP contribution in [0.5, 0.6) is 0 Å². The van der Waals surface area contributed by atoms with E-state index in [1.165, 1.54) is 11.1 Å². The number of anilines is 2. The van der Waals surface area contributed by atoms with E-state index in [0.717, 1.165) is 28.3 Å². The van der Waals surface area contributed by atoms with Crippen LogP contribution in [0, 0.1) is 20.8 Å². The van der Waals surface area contributed by atoms with Gasteiger partial charge in [0.2, 0.25) is 0 Å². The summed E-state index contributed by atoms with van der Waals surface area (Å²) in [5.74, 6) is 0.876. The van der Waals surface area contributed by atoms with Crippen molar-refractivity contribution in [1.82, 2.24) is 4.98 Å². The third-order valence-electron chi connectivity index (χ3n) is 3.21. The molecule has 1 aromatic heterocycles. The molecule has 0 fully saturated rings. The lowest BCUT2D eigenvalue weighted by Crippen LogP contribution is -2.01. The van der Waals surface area contributed by atoms with Crippen LogP contribution >= 0.6 is 0 Å². The highest BCUT2D eigenvalue weighted by atomic mass is 15.0. The Morgan fingerprint density at radius 1 is 1.16 bits per heavy atom. The SMILES string of the molecule is C=C(C)c1cc(C)c(C)nc1Nc1cccc(C)c1. The molecule has 2 rings (SSSR count). The molecular formula is C17H20N2. The summed E-state index contributed by atoms with van der Waals surface area (Å²) in [6, 6.07) is 10.4. The van der Waals surface area contributed by atoms with Crippen LogP contribution in [0.1, 0.15) is 29.3 Å². The molecule has 0 amide bonds. The second-order valence-electron chi connectivity index (χ2n) is 5.06. The van der Waals surface area contributed by atoms with Crippen molar-refractivity contribution in [1.29, 1.82) is 0 Å². The van der Waals surface area contributed by atoms with Gasteiger partial charge in [-0.15, -0.1) is 0 Å². The second-order valence-corrected chi connectivity index (χ2v) is 5.06. The van der Waals surface area contributed by atoms with Gasteiger partial charge in [0.15, 0.2) is 0 Å². The maximum absolute atomic E-state index is 4.65. The topological polar surface area (TPSA) is 24.9 Å². The normalized spacial score (nSPS) is 10.3. The molecule has 0 unspecified atom stereocenters. The Bertz CT molecular complexity index is 627. The molecule has 0 saturated carbocycles. The molecule has 0 saturated heterocycles. The number of allylic oxidation sites excluding steroid dienone is 1.